The highest BCUT2D eigenvalue weighted by atomic mass is 16.4. The Morgan fingerprint density at radius 2 is 1.92 bits per heavy atom. The Hall–Kier alpha value is -1.79. The van der Waals surface area contributed by atoms with E-state index >= 15 is 0 Å². The van der Waals surface area contributed by atoms with E-state index in [0.717, 1.165) is 0 Å². The molecule has 1 aromatic carbocycles. The smallest absolute Gasteiger partial charge is 0.344 e. The van der Waals surface area contributed by atoms with Gasteiger partial charge in [-0.15, -0.1) is 5.73 Å². The normalized spacial score (nSPS) is 8.67. The molecule has 0 bridgehead atoms. The average Bonchev–Trinajstić information content (AvgIpc) is 2.07. The average molecular weight is 160 g/mol. The Balaban J connectivity index is 3.14. The van der Waals surface area contributed by atoms with Gasteiger partial charge in [0.15, 0.2) is 0 Å². The number of hydrogen-bond acceptors (Lipinski definition) is 1. The second-order valence-corrected chi connectivity index (χ2v) is 2.22. The molecule has 60 valence electrons. The molecule has 0 aromatic heterocycles. The summed E-state index contributed by atoms with van der Waals surface area (Å²) in [6.45, 7) is 3.32. The van der Waals surface area contributed by atoms with Crippen molar-refractivity contribution in [3.8, 4) is 0 Å². The van der Waals surface area contributed by atoms with E-state index in [-0.39, 0.29) is 5.57 Å². The summed E-state index contributed by atoms with van der Waals surface area (Å²) in [6, 6.07) is 8.79. The molecule has 1 aromatic rings. The van der Waals surface area contributed by atoms with Gasteiger partial charge in [-0.1, -0.05) is 36.9 Å². The summed E-state index contributed by atoms with van der Waals surface area (Å²) in [5.41, 5.74) is 3.12. The Morgan fingerprint density at radius 3 is 2.33 bits per heavy atom. The number of carboxylic acids is 1. The van der Waals surface area contributed by atoms with Crippen LogP contribution in [0.5, 0.6) is 0 Å². The fraction of sp³-hybridized carbons (Fsp3) is 0. The van der Waals surface area contributed by atoms with E-state index < -0.39 is 5.97 Å². The fourth-order valence-corrected chi connectivity index (χ4v) is 0.906. The fourth-order valence-electron chi connectivity index (χ4n) is 0.906. The molecule has 0 aliphatic rings. The van der Waals surface area contributed by atoms with Crippen LogP contribution in [0.2, 0.25) is 0 Å². The quantitative estimate of drug-likeness (QED) is 0.530. The van der Waals surface area contributed by atoms with E-state index in [1.807, 2.05) is 6.07 Å². The number of carboxylic acid groups (broad SMARTS) is 1. The maximum absolute atomic E-state index is 10.6. The van der Waals surface area contributed by atoms with Gasteiger partial charge in [0, 0.05) is 0 Å². The molecule has 0 unspecified atom stereocenters. The lowest BCUT2D eigenvalue weighted by atomic mass is 10.1. The number of benzene rings is 1. The van der Waals surface area contributed by atoms with Crippen LogP contribution >= 0.6 is 0 Å². The SMILES string of the molecule is C=C=C(C(=O)O)c1ccccc1. The van der Waals surface area contributed by atoms with Crippen LogP contribution in [0.15, 0.2) is 42.6 Å². The first kappa shape index (κ1) is 8.31. The third-order valence-electron chi connectivity index (χ3n) is 1.45. The molecule has 1 N–H and O–H groups in total. The molecule has 0 saturated carbocycles. The first-order valence-electron chi connectivity index (χ1n) is 3.44. The highest BCUT2D eigenvalue weighted by Crippen LogP contribution is 2.11. The highest BCUT2D eigenvalue weighted by molar-refractivity contribution is 6.14. The van der Waals surface area contributed by atoms with Crippen LogP contribution in [-0.4, -0.2) is 11.1 Å². The van der Waals surface area contributed by atoms with Gasteiger partial charge in [-0.2, -0.15) is 0 Å². The van der Waals surface area contributed by atoms with Crippen molar-refractivity contribution in [3.63, 3.8) is 0 Å². The molecule has 0 aliphatic carbocycles. The predicted molar refractivity (Wildman–Crippen MR) is 46.6 cm³/mol. The number of carbonyl (C=O) groups is 1. The standard InChI is InChI=1S/C10H8O2/c1-2-9(10(11)12)8-6-4-3-5-7-8/h3-7H,1H2,(H,11,12). The van der Waals surface area contributed by atoms with Crippen molar-refractivity contribution in [1.29, 1.82) is 0 Å². The van der Waals surface area contributed by atoms with Crippen LogP contribution < -0.4 is 0 Å². The molecule has 1 rings (SSSR count). The molecule has 0 fully saturated rings. The van der Waals surface area contributed by atoms with Crippen LogP contribution in [-0.2, 0) is 4.79 Å². The molecule has 0 spiro atoms. The number of hydrogen-bond donors (Lipinski definition) is 1. The topological polar surface area (TPSA) is 37.3 Å². The van der Waals surface area contributed by atoms with Gasteiger partial charge in [-0.25, -0.2) is 4.79 Å². The molecule has 12 heavy (non-hydrogen) atoms. The molecule has 0 heterocycles. The van der Waals surface area contributed by atoms with E-state index in [1.165, 1.54) is 0 Å². The molecule has 0 amide bonds. The van der Waals surface area contributed by atoms with Crippen LogP contribution in [0, 0.1) is 0 Å². The number of aliphatic carboxylic acids is 1. The first-order valence-corrected chi connectivity index (χ1v) is 3.44. The largest absolute Gasteiger partial charge is 0.477 e. The lowest BCUT2D eigenvalue weighted by Gasteiger charge is -1.96. The van der Waals surface area contributed by atoms with Crippen molar-refractivity contribution >= 4 is 11.5 Å². The van der Waals surface area contributed by atoms with Gasteiger partial charge in [0.05, 0.1) is 0 Å². The lowest BCUT2D eigenvalue weighted by Crippen LogP contribution is -1.97. The van der Waals surface area contributed by atoms with Crippen molar-refractivity contribution in [2.75, 3.05) is 0 Å². The van der Waals surface area contributed by atoms with Gasteiger partial charge in [-0.3, -0.25) is 0 Å². The third kappa shape index (κ3) is 1.62. The van der Waals surface area contributed by atoms with Gasteiger partial charge >= 0.3 is 5.97 Å². The molecule has 0 saturated heterocycles. The van der Waals surface area contributed by atoms with Crippen molar-refractivity contribution in [3.05, 3.63) is 48.2 Å². The lowest BCUT2D eigenvalue weighted by molar-refractivity contribution is -0.130. The second-order valence-electron chi connectivity index (χ2n) is 2.22. The van der Waals surface area contributed by atoms with Crippen LogP contribution in [0.1, 0.15) is 5.56 Å². The summed E-state index contributed by atoms with van der Waals surface area (Å²) >= 11 is 0. The molecule has 0 atom stereocenters. The zero-order valence-electron chi connectivity index (χ0n) is 6.45. The zero-order chi connectivity index (χ0) is 8.97. The predicted octanol–water partition coefficient (Wildman–Crippen LogP) is 1.94. The van der Waals surface area contributed by atoms with E-state index in [0.29, 0.717) is 5.56 Å². The Kier molecular flexibility index (Phi) is 2.46. The van der Waals surface area contributed by atoms with Gasteiger partial charge in [-0.05, 0) is 5.56 Å². The van der Waals surface area contributed by atoms with Crippen LogP contribution in [0.3, 0.4) is 0 Å². The van der Waals surface area contributed by atoms with E-state index in [2.05, 4.69) is 12.3 Å². The van der Waals surface area contributed by atoms with Crippen molar-refractivity contribution < 1.29 is 9.90 Å². The maximum atomic E-state index is 10.6. The molecule has 2 heteroatoms. The minimum Gasteiger partial charge on any atom is -0.477 e. The molecule has 2 nitrogen and oxygen atoms in total. The maximum Gasteiger partial charge on any atom is 0.344 e. The molecule has 0 aliphatic heterocycles. The van der Waals surface area contributed by atoms with E-state index in [9.17, 15) is 4.79 Å². The van der Waals surface area contributed by atoms with Crippen LogP contribution in [0.4, 0.5) is 0 Å². The molecular formula is C10H8O2. The summed E-state index contributed by atoms with van der Waals surface area (Å²) in [4.78, 5) is 10.6. The Labute approximate surface area is 70.5 Å². The van der Waals surface area contributed by atoms with Gasteiger partial charge < -0.3 is 5.11 Å². The number of rotatable bonds is 2. The van der Waals surface area contributed by atoms with Crippen molar-refractivity contribution in [2.45, 2.75) is 0 Å². The minimum absolute atomic E-state index is 0.107. The minimum atomic E-state index is -1.00. The summed E-state index contributed by atoms with van der Waals surface area (Å²) in [5, 5.41) is 8.69. The zero-order valence-corrected chi connectivity index (χ0v) is 6.45. The van der Waals surface area contributed by atoms with Gasteiger partial charge in [0.2, 0.25) is 0 Å². The van der Waals surface area contributed by atoms with E-state index in [1.54, 1.807) is 24.3 Å². The summed E-state index contributed by atoms with van der Waals surface area (Å²) in [5.74, 6) is -1.00. The van der Waals surface area contributed by atoms with E-state index in [4.69, 9.17) is 5.11 Å². The van der Waals surface area contributed by atoms with Crippen molar-refractivity contribution in [2.24, 2.45) is 0 Å². The molecular weight excluding hydrogens is 152 g/mol. The monoisotopic (exact) mass is 160 g/mol. The summed E-state index contributed by atoms with van der Waals surface area (Å²) < 4.78 is 0. The Bertz CT molecular complexity index is 332. The second kappa shape index (κ2) is 3.56. The molecule has 0 radical (unpaired) electrons. The van der Waals surface area contributed by atoms with Crippen LogP contribution in [0.25, 0.3) is 5.57 Å². The Morgan fingerprint density at radius 1 is 1.33 bits per heavy atom. The first-order chi connectivity index (χ1) is 5.75. The highest BCUT2D eigenvalue weighted by Gasteiger charge is 2.07. The van der Waals surface area contributed by atoms with Crippen molar-refractivity contribution in [1.82, 2.24) is 0 Å². The van der Waals surface area contributed by atoms with Gasteiger partial charge in [0.25, 0.3) is 0 Å². The third-order valence-corrected chi connectivity index (χ3v) is 1.45. The van der Waals surface area contributed by atoms with Gasteiger partial charge in [0.1, 0.15) is 5.57 Å². The summed E-state index contributed by atoms with van der Waals surface area (Å²) in [6.07, 6.45) is 0. The summed E-state index contributed by atoms with van der Waals surface area (Å²) in [7, 11) is 0.